The SMILES string of the molecule is CNCc1cn(C)nc1Br. The maximum absolute atomic E-state index is 4.12. The minimum Gasteiger partial charge on any atom is -0.316 e. The second-order valence-corrected chi connectivity index (χ2v) is 2.90. The molecule has 0 fully saturated rings. The van der Waals surface area contributed by atoms with E-state index >= 15 is 0 Å². The van der Waals surface area contributed by atoms with Crippen molar-refractivity contribution in [3.05, 3.63) is 16.4 Å². The third-order valence-corrected chi connectivity index (χ3v) is 1.89. The highest BCUT2D eigenvalue weighted by molar-refractivity contribution is 9.10. The van der Waals surface area contributed by atoms with E-state index in [4.69, 9.17) is 0 Å². The molecule has 10 heavy (non-hydrogen) atoms. The Kier molecular flexibility index (Phi) is 2.45. The van der Waals surface area contributed by atoms with Crippen molar-refractivity contribution in [1.82, 2.24) is 15.1 Å². The lowest BCUT2D eigenvalue weighted by Crippen LogP contribution is -2.04. The molecule has 56 valence electrons. The Morgan fingerprint density at radius 1 is 1.80 bits per heavy atom. The lowest BCUT2D eigenvalue weighted by molar-refractivity contribution is 0.759. The number of nitrogens with zero attached hydrogens (tertiary/aromatic N) is 2. The van der Waals surface area contributed by atoms with Crippen molar-refractivity contribution in [2.24, 2.45) is 7.05 Å². The predicted molar refractivity (Wildman–Crippen MR) is 43.7 cm³/mol. The molecular weight excluding hydrogens is 194 g/mol. The molecule has 1 rings (SSSR count). The number of hydrogen-bond acceptors (Lipinski definition) is 2. The van der Waals surface area contributed by atoms with E-state index in [0.29, 0.717) is 0 Å². The second kappa shape index (κ2) is 3.16. The highest BCUT2D eigenvalue weighted by Gasteiger charge is 2.01. The average molecular weight is 204 g/mol. The van der Waals surface area contributed by atoms with E-state index in [1.807, 2.05) is 20.3 Å². The van der Waals surface area contributed by atoms with Crippen LogP contribution in [0.4, 0.5) is 0 Å². The van der Waals surface area contributed by atoms with Crippen LogP contribution in [0.15, 0.2) is 10.8 Å². The van der Waals surface area contributed by atoms with Gasteiger partial charge in [0.1, 0.15) is 4.60 Å². The smallest absolute Gasteiger partial charge is 0.132 e. The van der Waals surface area contributed by atoms with Gasteiger partial charge in [0.25, 0.3) is 0 Å². The van der Waals surface area contributed by atoms with Crippen molar-refractivity contribution in [3.8, 4) is 0 Å². The minimum atomic E-state index is 0.856. The van der Waals surface area contributed by atoms with Gasteiger partial charge in [0.05, 0.1) is 0 Å². The molecule has 0 atom stereocenters. The van der Waals surface area contributed by atoms with E-state index in [1.54, 1.807) is 4.68 Å². The molecule has 0 saturated carbocycles. The van der Waals surface area contributed by atoms with Gasteiger partial charge in [-0.25, -0.2) is 0 Å². The van der Waals surface area contributed by atoms with E-state index in [1.165, 1.54) is 5.56 Å². The number of rotatable bonds is 2. The molecule has 3 nitrogen and oxygen atoms in total. The van der Waals surface area contributed by atoms with Crippen molar-refractivity contribution in [2.45, 2.75) is 6.54 Å². The summed E-state index contributed by atoms with van der Waals surface area (Å²) < 4.78 is 2.71. The fourth-order valence-corrected chi connectivity index (χ4v) is 1.31. The first kappa shape index (κ1) is 7.75. The summed E-state index contributed by atoms with van der Waals surface area (Å²) in [5, 5.41) is 7.18. The van der Waals surface area contributed by atoms with Gasteiger partial charge in [0.2, 0.25) is 0 Å². The Hall–Kier alpha value is -0.350. The van der Waals surface area contributed by atoms with Crippen molar-refractivity contribution < 1.29 is 0 Å². The predicted octanol–water partition coefficient (Wildman–Crippen LogP) is 0.902. The molecule has 1 N–H and O–H groups in total. The molecule has 0 saturated heterocycles. The standard InChI is InChI=1S/C6H10BrN3/c1-8-3-5-4-10(2)9-6(5)7/h4,8H,3H2,1-2H3. The van der Waals surface area contributed by atoms with E-state index in [9.17, 15) is 0 Å². The van der Waals surface area contributed by atoms with Gasteiger partial charge in [0.15, 0.2) is 0 Å². The summed E-state index contributed by atoms with van der Waals surface area (Å²) in [5.41, 5.74) is 1.19. The summed E-state index contributed by atoms with van der Waals surface area (Å²) in [7, 11) is 3.82. The van der Waals surface area contributed by atoms with Gasteiger partial charge in [-0.15, -0.1) is 0 Å². The minimum absolute atomic E-state index is 0.856. The summed E-state index contributed by atoms with van der Waals surface area (Å²) in [5.74, 6) is 0. The number of aryl methyl sites for hydroxylation is 1. The van der Waals surface area contributed by atoms with E-state index in [0.717, 1.165) is 11.1 Å². The zero-order valence-corrected chi connectivity index (χ0v) is 7.64. The fraction of sp³-hybridized carbons (Fsp3) is 0.500. The van der Waals surface area contributed by atoms with Crippen LogP contribution in [0.3, 0.4) is 0 Å². The number of nitrogens with one attached hydrogen (secondary N) is 1. The Bertz CT molecular complexity index is 219. The maximum Gasteiger partial charge on any atom is 0.132 e. The van der Waals surface area contributed by atoms with E-state index in [2.05, 4.69) is 26.3 Å². The Balaban J connectivity index is 2.81. The summed E-state index contributed by atoms with van der Waals surface area (Å²) in [6.07, 6.45) is 1.99. The maximum atomic E-state index is 4.12. The van der Waals surface area contributed by atoms with Gasteiger partial charge in [-0.3, -0.25) is 4.68 Å². The van der Waals surface area contributed by atoms with Crippen LogP contribution in [0.25, 0.3) is 0 Å². The highest BCUT2D eigenvalue weighted by Crippen LogP contribution is 2.12. The first-order chi connectivity index (χ1) is 4.74. The van der Waals surface area contributed by atoms with Gasteiger partial charge >= 0.3 is 0 Å². The van der Waals surface area contributed by atoms with Crippen molar-refractivity contribution >= 4 is 15.9 Å². The molecule has 1 aromatic heterocycles. The van der Waals surface area contributed by atoms with Crippen LogP contribution in [-0.4, -0.2) is 16.8 Å². The third-order valence-electron chi connectivity index (χ3n) is 1.22. The molecule has 0 aromatic carbocycles. The molecule has 0 aliphatic carbocycles. The van der Waals surface area contributed by atoms with Crippen LogP contribution in [0, 0.1) is 0 Å². The summed E-state index contributed by atoms with van der Waals surface area (Å²) in [6, 6.07) is 0. The lowest BCUT2D eigenvalue weighted by atomic mass is 10.4. The third kappa shape index (κ3) is 1.58. The van der Waals surface area contributed by atoms with Gasteiger partial charge in [-0.05, 0) is 23.0 Å². The quantitative estimate of drug-likeness (QED) is 0.775. The van der Waals surface area contributed by atoms with Gasteiger partial charge in [0, 0.05) is 25.4 Å². The van der Waals surface area contributed by atoms with Crippen LogP contribution in [-0.2, 0) is 13.6 Å². The Labute approximate surface area is 68.6 Å². The summed E-state index contributed by atoms with van der Waals surface area (Å²) in [4.78, 5) is 0. The highest BCUT2D eigenvalue weighted by atomic mass is 79.9. The van der Waals surface area contributed by atoms with Crippen LogP contribution < -0.4 is 5.32 Å². The summed E-state index contributed by atoms with van der Waals surface area (Å²) >= 11 is 3.35. The van der Waals surface area contributed by atoms with Crippen LogP contribution in [0.5, 0.6) is 0 Å². The molecule has 0 aliphatic heterocycles. The first-order valence-corrected chi connectivity index (χ1v) is 3.86. The van der Waals surface area contributed by atoms with Gasteiger partial charge in [-0.2, -0.15) is 5.10 Å². The first-order valence-electron chi connectivity index (χ1n) is 3.06. The molecule has 0 aliphatic rings. The number of aromatic nitrogens is 2. The zero-order valence-electron chi connectivity index (χ0n) is 6.06. The van der Waals surface area contributed by atoms with Gasteiger partial charge < -0.3 is 5.32 Å². The summed E-state index contributed by atoms with van der Waals surface area (Å²) in [6.45, 7) is 0.856. The van der Waals surface area contributed by atoms with Crippen molar-refractivity contribution in [2.75, 3.05) is 7.05 Å². The molecule has 0 radical (unpaired) electrons. The molecule has 1 aromatic rings. The largest absolute Gasteiger partial charge is 0.316 e. The van der Waals surface area contributed by atoms with Crippen molar-refractivity contribution in [1.29, 1.82) is 0 Å². The average Bonchev–Trinajstić information content (AvgIpc) is 2.13. The van der Waals surface area contributed by atoms with E-state index < -0.39 is 0 Å². The molecule has 0 bridgehead atoms. The molecular formula is C6H10BrN3. The van der Waals surface area contributed by atoms with Crippen LogP contribution >= 0.6 is 15.9 Å². The second-order valence-electron chi connectivity index (χ2n) is 2.15. The zero-order chi connectivity index (χ0) is 7.56. The molecule has 1 heterocycles. The lowest BCUT2D eigenvalue weighted by Gasteiger charge is -1.92. The van der Waals surface area contributed by atoms with Crippen LogP contribution in [0.2, 0.25) is 0 Å². The monoisotopic (exact) mass is 203 g/mol. The van der Waals surface area contributed by atoms with Crippen molar-refractivity contribution in [3.63, 3.8) is 0 Å². The van der Waals surface area contributed by atoms with E-state index in [-0.39, 0.29) is 0 Å². The Morgan fingerprint density at radius 2 is 2.50 bits per heavy atom. The molecule has 0 amide bonds. The van der Waals surface area contributed by atoms with Crippen LogP contribution in [0.1, 0.15) is 5.56 Å². The molecule has 0 spiro atoms. The number of hydrogen-bond donors (Lipinski definition) is 1. The fourth-order valence-electron chi connectivity index (χ4n) is 0.819. The normalized spacial score (nSPS) is 10.3. The topological polar surface area (TPSA) is 29.9 Å². The molecule has 4 heteroatoms. The molecule has 0 unspecified atom stereocenters. The Morgan fingerprint density at radius 3 is 2.90 bits per heavy atom. The van der Waals surface area contributed by atoms with Gasteiger partial charge in [-0.1, -0.05) is 0 Å². The number of halogens is 1.